The van der Waals surface area contributed by atoms with E-state index < -0.39 is 5.25 Å². The molecular formula is C18H17N3O2S. The van der Waals surface area contributed by atoms with Crippen LogP contribution in [0.2, 0.25) is 0 Å². The number of para-hydroxylation sites is 2. The predicted molar refractivity (Wildman–Crippen MR) is 98.4 cm³/mol. The molecule has 0 radical (unpaired) electrons. The molecule has 0 aliphatic carbocycles. The monoisotopic (exact) mass is 339 g/mol. The number of rotatable bonds is 3. The minimum Gasteiger partial charge on any atom is -0.335 e. The lowest BCUT2D eigenvalue weighted by molar-refractivity contribution is -0.121. The molecule has 2 aromatic rings. The minimum absolute atomic E-state index is 0.174. The van der Waals surface area contributed by atoms with Crippen LogP contribution in [0.5, 0.6) is 0 Å². The van der Waals surface area contributed by atoms with Crippen LogP contribution in [0, 0.1) is 0 Å². The van der Waals surface area contributed by atoms with Gasteiger partial charge in [-0.25, -0.2) is 4.90 Å². The van der Waals surface area contributed by atoms with Crippen molar-refractivity contribution in [1.29, 1.82) is 0 Å². The first-order chi connectivity index (χ1) is 11.7. The molecular weight excluding hydrogens is 322 g/mol. The Hall–Kier alpha value is -2.60. The zero-order chi connectivity index (χ0) is 16.9. The molecule has 122 valence electrons. The number of imide groups is 1. The molecule has 1 fully saturated rings. The Labute approximate surface area is 144 Å². The highest BCUT2D eigenvalue weighted by molar-refractivity contribution is 8.15. The summed E-state index contributed by atoms with van der Waals surface area (Å²) in [5.41, 5.74) is 1.50. The molecule has 1 aliphatic rings. The van der Waals surface area contributed by atoms with Gasteiger partial charge in [0.05, 0.1) is 5.69 Å². The summed E-state index contributed by atoms with van der Waals surface area (Å²) in [6, 6.07) is 18.6. The maximum atomic E-state index is 12.6. The summed E-state index contributed by atoms with van der Waals surface area (Å²) in [6.45, 7) is 0. The van der Waals surface area contributed by atoms with Crippen molar-refractivity contribution in [3.05, 3.63) is 60.7 Å². The fraction of sp³-hybridized carbons (Fsp3) is 0.167. The molecule has 0 spiro atoms. The molecule has 2 amide bonds. The lowest BCUT2D eigenvalue weighted by Crippen LogP contribution is -2.31. The van der Waals surface area contributed by atoms with Crippen molar-refractivity contribution >= 4 is 40.1 Å². The van der Waals surface area contributed by atoms with E-state index in [2.05, 4.69) is 10.3 Å². The van der Waals surface area contributed by atoms with Crippen LogP contribution in [0.25, 0.3) is 0 Å². The summed E-state index contributed by atoms with van der Waals surface area (Å²) >= 11 is 1.28. The molecule has 1 aliphatic heterocycles. The molecule has 1 atom stereocenters. The standard InChI is InChI=1S/C18H17N3O2S/c1-19-18(20-13-8-4-2-5-9-13)24-15-12-16(22)21(17(15)23)14-10-6-3-7-11-14/h2-11,15H,12H2,1H3,(H,19,20). The number of thioether (sulfide) groups is 1. The van der Waals surface area contributed by atoms with Crippen LogP contribution in [0.15, 0.2) is 65.7 Å². The van der Waals surface area contributed by atoms with E-state index in [4.69, 9.17) is 0 Å². The summed E-state index contributed by atoms with van der Waals surface area (Å²) in [4.78, 5) is 30.3. The number of nitrogens with one attached hydrogen (secondary N) is 1. The topological polar surface area (TPSA) is 61.8 Å². The maximum Gasteiger partial charge on any atom is 0.247 e. The first-order valence-electron chi connectivity index (χ1n) is 7.56. The van der Waals surface area contributed by atoms with Gasteiger partial charge in [0.2, 0.25) is 11.8 Å². The number of hydrogen-bond donors (Lipinski definition) is 1. The van der Waals surface area contributed by atoms with Crippen molar-refractivity contribution in [3.63, 3.8) is 0 Å². The summed E-state index contributed by atoms with van der Waals surface area (Å²) in [5.74, 6) is -0.383. The molecule has 0 aromatic heterocycles. The van der Waals surface area contributed by atoms with Crippen molar-refractivity contribution in [3.8, 4) is 0 Å². The van der Waals surface area contributed by atoms with Crippen LogP contribution >= 0.6 is 11.8 Å². The minimum atomic E-state index is -0.465. The van der Waals surface area contributed by atoms with Gasteiger partial charge in [0.1, 0.15) is 5.25 Å². The van der Waals surface area contributed by atoms with E-state index in [0.29, 0.717) is 10.9 Å². The highest BCUT2D eigenvalue weighted by Gasteiger charge is 2.40. The largest absolute Gasteiger partial charge is 0.335 e. The van der Waals surface area contributed by atoms with Crippen molar-refractivity contribution < 1.29 is 9.59 Å². The van der Waals surface area contributed by atoms with Crippen LogP contribution in [-0.2, 0) is 9.59 Å². The number of carbonyl (C=O) groups excluding carboxylic acids is 2. The Kier molecular flexibility index (Phi) is 4.96. The van der Waals surface area contributed by atoms with Gasteiger partial charge in [-0.05, 0) is 24.3 Å². The van der Waals surface area contributed by atoms with Crippen molar-refractivity contribution in [2.75, 3.05) is 17.3 Å². The van der Waals surface area contributed by atoms with E-state index in [9.17, 15) is 9.59 Å². The first-order valence-corrected chi connectivity index (χ1v) is 8.44. The van der Waals surface area contributed by atoms with Gasteiger partial charge in [-0.1, -0.05) is 48.2 Å². The van der Waals surface area contributed by atoms with Crippen molar-refractivity contribution in [1.82, 2.24) is 0 Å². The van der Waals surface area contributed by atoms with E-state index in [1.807, 2.05) is 48.5 Å². The zero-order valence-electron chi connectivity index (χ0n) is 13.2. The molecule has 3 rings (SSSR count). The van der Waals surface area contributed by atoms with E-state index in [-0.39, 0.29) is 18.2 Å². The fourth-order valence-electron chi connectivity index (χ4n) is 2.46. The van der Waals surface area contributed by atoms with Gasteiger partial charge in [-0.2, -0.15) is 0 Å². The Bertz CT molecular complexity index is 762. The van der Waals surface area contributed by atoms with Gasteiger partial charge >= 0.3 is 0 Å². The molecule has 24 heavy (non-hydrogen) atoms. The average molecular weight is 339 g/mol. The highest BCUT2D eigenvalue weighted by Crippen LogP contribution is 2.30. The predicted octanol–water partition coefficient (Wildman–Crippen LogP) is 3.15. The van der Waals surface area contributed by atoms with Crippen molar-refractivity contribution in [2.24, 2.45) is 4.99 Å². The normalized spacial score (nSPS) is 18.1. The Morgan fingerprint density at radius 1 is 1.08 bits per heavy atom. The summed E-state index contributed by atoms with van der Waals surface area (Å²) in [6.07, 6.45) is 0.174. The lowest BCUT2D eigenvalue weighted by atomic mass is 10.3. The number of amidine groups is 1. The number of hydrogen-bond acceptors (Lipinski definition) is 4. The number of nitrogens with zero attached hydrogens (tertiary/aromatic N) is 2. The van der Waals surface area contributed by atoms with E-state index in [1.165, 1.54) is 16.7 Å². The molecule has 0 saturated carbocycles. The SMILES string of the molecule is CN=C(Nc1ccccc1)SC1CC(=O)N(c2ccccc2)C1=O. The maximum absolute atomic E-state index is 12.6. The smallest absolute Gasteiger partial charge is 0.247 e. The number of amides is 2. The second-order valence-corrected chi connectivity index (χ2v) is 6.42. The van der Waals surface area contributed by atoms with Gasteiger partial charge in [-0.15, -0.1) is 0 Å². The van der Waals surface area contributed by atoms with Crippen LogP contribution < -0.4 is 10.2 Å². The number of anilines is 2. The Balaban J connectivity index is 1.71. The molecule has 1 N–H and O–H groups in total. The molecule has 0 bridgehead atoms. The highest BCUT2D eigenvalue weighted by atomic mass is 32.2. The second kappa shape index (κ2) is 7.31. The summed E-state index contributed by atoms with van der Waals surface area (Å²) in [5, 5.41) is 3.32. The Morgan fingerprint density at radius 3 is 2.33 bits per heavy atom. The van der Waals surface area contributed by atoms with Gasteiger partial charge in [-0.3, -0.25) is 14.6 Å². The quantitative estimate of drug-likeness (QED) is 0.530. The van der Waals surface area contributed by atoms with Gasteiger partial charge in [0, 0.05) is 19.2 Å². The molecule has 6 heteroatoms. The average Bonchev–Trinajstić information content (AvgIpc) is 2.89. The number of aliphatic imine (C=N–C) groups is 1. The van der Waals surface area contributed by atoms with Crippen molar-refractivity contribution in [2.45, 2.75) is 11.7 Å². The van der Waals surface area contributed by atoms with Gasteiger partial charge in [0.25, 0.3) is 0 Å². The lowest BCUT2D eigenvalue weighted by Gasteiger charge is -2.15. The van der Waals surface area contributed by atoms with Crippen LogP contribution in [-0.4, -0.2) is 29.3 Å². The van der Waals surface area contributed by atoms with Crippen LogP contribution in [0.1, 0.15) is 6.42 Å². The first kappa shape index (κ1) is 16.3. The fourth-order valence-corrected chi connectivity index (χ4v) is 3.45. The third-order valence-corrected chi connectivity index (χ3v) is 4.76. The number of benzene rings is 2. The van der Waals surface area contributed by atoms with E-state index in [1.54, 1.807) is 19.2 Å². The molecule has 1 heterocycles. The summed E-state index contributed by atoms with van der Waals surface area (Å²) < 4.78 is 0. The van der Waals surface area contributed by atoms with Gasteiger partial charge in [0.15, 0.2) is 5.17 Å². The van der Waals surface area contributed by atoms with E-state index in [0.717, 1.165) is 5.69 Å². The van der Waals surface area contributed by atoms with Crippen LogP contribution in [0.3, 0.4) is 0 Å². The third-order valence-electron chi connectivity index (χ3n) is 3.60. The van der Waals surface area contributed by atoms with Gasteiger partial charge < -0.3 is 5.32 Å². The number of carbonyl (C=O) groups is 2. The third kappa shape index (κ3) is 3.49. The zero-order valence-corrected chi connectivity index (χ0v) is 14.0. The molecule has 5 nitrogen and oxygen atoms in total. The molecule has 2 aromatic carbocycles. The molecule has 1 unspecified atom stereocenters. The Morgan fingerprint density at radius 2 is 1.71 bits per heavy atom. The summed E-state index contributed by atoms with van der Waals surface area (Å²) in [7, 11) is 1.66. The van der Waals surface area contributed by atoms with E-state index >= 15 is 0 Å². The van der Waals surface area contributed by atoms with Crippen LogP contribution in [0.4, 0.5) is 11.4 Å². The molecule has 1 saturated heterocycles. The second-order valence-electron chi connectivity index (χ2n) is 5.23.